The van der Waals surface area contributed by atoms with Crippen molar-refractivity contribution in [1.29, 1.82) is 0 Å². The minimum Gasteiger partial charge on any atom is -0.494 e. The van der Waals surface area contributed by atoms with Crippen LogP contribution in [-0.2, 0) is 19.7 Å². The van der Waals surface area contributed by atoms with E-state index >= 15 is 4.39 Å². The van der Waals surface area contributed by atoms with Crippen molar-refractivity contribution < 1.29 is 32.9 Å². The molecule has 1 fully saturated rings. The van der Waals surface area contributed by atoms with Gasteiger partial charge in [0, 0.05) is 46.7 Å². The number of aromatic amines is 1. The van der Waals surface area contributed by atoms with E-state index in [1.54, 1.807) is 32.4 Å². The van der Waals surface area contributed by atoms with Gasteiger partial charge < -0.3 is 23.9 Å². The zero-order valence-electron chi connectivity index (χ0n) is 22.0. The van der Waals surface area contributed by atoms with Crippen molar-refractivity contribution in [2.45, 2.75) is 50.5 Å². The molecule has 4 aromatic rings. The minimum atomic E-state index is -1.31. The van der Waals surface area contributed by atoms with Gasteiger partial charge in [0.15, 0.2) is 23.0 Å². The number of ether oxygens (including phenoxy) is 3. The third-order valence-electron chi connectivity index (χ3n) is 7.62. The fourth-order valence-electron chi connectivity index (χ4n) is 5.67. The number of nitrogens with one attached hydrogen (secondary N) is 1. The summed E-state index contributed by atoms with van der Waals surface area (Å²) in [5.74, 6) is -2.23. The molecule has 0 radical (unpaired) electrons. The largest absolute Gasteiger partial charge is 0.494 e. The maximum Gasteiger partial charge on any atom is 0.335 e. The highest BCUT2D eigenvalue weighted by Gasteiger charge is 2.43. The van der Waals surface area contributed by atoms with E-state index in [9.17, 15) is 14.3 Å². The highest BCUT2D eigenvalue weighted by atomic mass is 19.1. The van der Waals surface area contributed by atoms with Crippen LogP contribution in [0.15, 0.2) is 30.5 Å². The highest BCUT2D eigenvalue weighted by molar-refractivity contribution is 6.00. The molecule has 10 heteroatoms. The number of hydrogen-bond acceptors (Lipinski definition) is 5. The molecule has 0 spiro atoms. The Hall–Kier alpha value is -3.50. The van der Waals surface area contributed by atoms with Gasteiger partial charge in [-0.05, 0) is 43.5 Å². The van der Waals surface area contributed by atoms with Crippen LogP contribution in [0.1, 0.15) is 50.8 Å². The zero-order chi connectivity index (χ0) is 27.4. The number of aromatic nitrogens is 3. The Morgan fingerprint density at radius 1 is 1.32 bits per heavy atom. The number of H-pyrrole nitrogens is 1. The number of benzene rings is 2. The molecule has 38 heavy (non-hydrogen) atoms. The molecule has 0 aliphatic carbocycles. The first-order valence-corrected chi connectivity index (χ1v) is 12.4. The summed E-state index contributed by atoms with van der Waals surface area (Å²) >= 11 is 0. The van der Waals surface area contributed by atoms with Gasteiger partial charge in [0.05, 0.1) is 32.0 Å². The number of fused-ring (bicyclic) bond motifs is 2. The summed E-state index contributed by atoms with van der Waals surface area (Å²) in [6, 6.07) is 6.39. The van der Waals surface area contributed by atoms with Gasteiger partial charge in [-0.1, -0.05) is 13.8 Å². The number of carboxylic acids is 1. The van der Waals surface area contributed by atoms with Crippen LogP contribution < -0.4 is 4.74 Å². The summed E-state index contributed by atoms with van der Waals surface area (Å²) < 4.78 is 49.5. The smallest absolute Gasteiger partial charge is 0.335 e. The lowest BCUT2D eigenvalue weighted by atomic mass is 9.79. The van der Waals surface area contributed by atoms with Crippen LogP contribution in [0, 0.1) is 11.6 Å². The fourth-order valence-corrected chi connectivity index (χ4v) is 5.67. The first kappa shape index (κ1) is 26.1. The van der Waals surface area contributed by atoms with Crippen molar-refractivity contribution in [3.8, 4) is 11.4 Å². The number of aliphatic carboxylic acids is 1. The van der Waals surface area contributed by atoms with Crippen LogP contribution in [0.3, 0.4) is 0 Å². The predicted molar refractivity (Wildman–Crippen MR) is 138 cm³/mol. The summed E-state index contributed by atoms with van der Waals surface area (Å²) in [6.07, 6.45) is 2.30. The van der Waals surface area contributed by atoms with Crippen LogP contribution in [-0.4, -0.2) is 58.9 Å². The third-order valence-corrected chi connectivity index (χ3v) is 7.62. The summed E-state index contributed by atoms with van der Waals surface area (Å²) in [6.45, 7) is 5.98. The molecule has 2 aromatic carbocycles. The van der Waals surface area contributed by atoms with E-state index in [4.69, 9.17) is 14.2 Å². The van der Waals surface area contributed by atoms with E-state index in [1.165, 1.54) is 13.2 Å². The second-order valence-corrected chi connectivity index (χ2v) is 10.7. The van der Waals surface area contributed by atoms with Gasteiger partial charge in [-0.2, -0.15) is 5.10 Å². The van der Waals surface area contributed by atoms with Gasteiger partial charge in [-0.15, -0.1) is 0 Å². The van der Waals surface area contributed by atoms with Gasteiger partial charge in [0.25, 0.3) is 0 Å². The Bertz CT molecular complexity index is 1530. The molecule has 0 unspecified atom stereocenters. The topological polar surface area (TPSA) is 98.6 Å². The van der Waals surface area contributed by atoms with Crippen LogP contribution in [0.25, 0.3) is 27.5 Å². The first-order chi connectivity index (χ1) is 18.0. The number of hydrogen-bond donors (Lipinski definition) is 2. The Morgan fingerprint density at radius 2 is 2.08 bits per heavy atom. The lowest BCUT2D eigenvalue weighted by Crippen LogP contribution is -2.43. The summed E-state index contributed by atoms with van der Waals surface area (Å²) in [7, 11) is 3.00. The summed E-state index contributed by atoms with van der Waals surface area (Å²) in [5.41, 5.74) is 0.990. The number of rotatable bonds is 7. The molecular weight excluding hydrogens is 496 g/mol. The van der Waals surface area contributed by atoms with E-state index in [1.807, 2.05) is 24.5 Å². The summed E-state index contributed by atoms with van der Waals surface area (Å²) in [4.78, 5) is 11.8. The van der Waals surface area contributed by atoms with Crippen LogP contribution in [0.5, 0.6) is 5.75 Å². The minimum absolute atomic E-state index is 0.0597. The molecule has 5 rings (SSSR count). The van der Waals surface area contributed by atoms with Gasteiger partial charge in [0.1, 0.15) is 5.52 Å². The molecule has 2 N–H and O–H groups in total. The molecule has 0 bridgehead atoms. The fraction of sp³-hybridized carbons (Fsp3) is 0.429. The lowest BCUT2D eigenvalue weighted by Gasteiger charge is -2.36. The lowest BCUT2D eigenvalue weighted by molar-refractivity contribution is -0.170. The number of methoxy groups -OCH3 is 2. The monoisotopic (exact) mass is 527 g/mol. The molecule has 0 amide bonds. The number of nitrogens with zero attached hydrogens (tertiary/aromatic N) is 2. The molecule has 0 saturated carbocycles. The normalized spacial score (nSPS) is 20.3. The molecule has 1 saturated heterocycles. The van der Waals surface area contributed by atoms with Crippen LogP contribution in [0.4, 0.5) is 8.78 Å². The quantitative estimate of drug-likeness (QED) is 0.331. The number of carboxylic acid groups (broad SMARTS) is 1. The molecule has 1 aliphatic rings. The van der Waals surface area contributed by atoms with Crippen molar-refractivity contribution in [2.75, 3.05) is 27.4 Å². The second-order valence-electron chi connectivity index (χ2n) is 10.7. The molecule has 8 nitrogen and oxygen atoms in total. The number of halogens is 2. The molecule has 202 valence electrons. The molecular formula is C28H31F2N3O5. The van der Waals surface area contributed by atoms with Crippen molar-refractivity contribution in [2.24, 2.45) is 0 Å². The SMILES string of the molecule is COCC(C)(C)c1c([C@H]2CC[C@](C)(C(=O)O)OC2)c2c(F)c3[nH]ncc3cc2n1-c1ccc(F)c(OC)c1. The Balaban J connectivity index is 1.87. The summed E-state index contributed by atoms with van der Waals surface area (Å²) in [5, 5.41) is 17.4. The Kier molecular flexibility index (Phi) is 6.43. The molecule has 3 heterocycles. The van der Waals surface area contributed by atoms with E-state index in [-0.39, 0.29) is 30.2 Å². The van der Waals surface area contributed by atoms with Gasteiger partial charge in [-0.3, -0.25) is 5.10 Å². The van der Waals surface area contributed by atoms with Crippen LogP contribution >= 0.6 is 0 Å². The predicted octanol–water partition coefficient (Wildman–Crippen LogP) is 5.45. The second kappa shape index (κ2) is 9.36. The van der Waals surface area contributed by atoms with E-state index in [2.05, 4.69) is 10.2 Å². The van der Waals surface area contributed by atoms with Crippen molar-refractivity contribution in [1.82, 2.24) is 14.8 Å². The molecule has 2 aromatic heterocycles. The number of carbonyl (C=O) groups is 1. The van der Waals surface area contributed by atoms with E-state index in [0.717, 1.165) is 5.69 Å². The van der Waals surface area contributed by atoms with Crippen LogP contribution in [0.2, 0.25) is 0 Å². The molecule has 1 aliphatic heterocycles. The standard InChI is InChI=1S/C28H31F2N3O5/c1-27(2,14-36-4)25-21(15-8-9-28(3,26(34)35)38-13-15)22-19(10-16-12-31-32-24(16)23(22)30)33(25)17-6-7-18(29)20(11-17)37-5/h6-7,10-12,15H,8-9,13-14H2,1-5H3,(H,31,32)(H,34,35)/t15-,28+/m0/s1. The van der Waals surface area contributed by atoms with Crippen molar-refractivity contribution in [3.05, 3.63) is 53.4 Å². The zero-order valence-corrected chi connectivity index (χ0v) is 22.0. The highest BCUT2D eigenvalue weighted by Crippen LogP contribution is 2.47. The van der Waals surface area contributed by atoms with Crippen molar-refractivity contribution in [3.63, 3.8) is 0 Å². The first-order valence-electron chi connectivity index (χ1n) is 12.4. The van der Waals surface area contributed by atoms with E-state index in [0.29, 0.717) is 40.6 Å². The maximum atomic E-state index is 16.4. The van der Waals surface area contributed by atoms with Gasteiger partial charge in [-0.25, -0.2) is 13.6 Å². The average molecular weight is 528 g/mol. The van der Waals surface area contributed by atoms with Crippen molar-refractivity contribution >= 4 is 27.8 Å². The third kappa shape index (κ3) is 4.03. The Labute approximate surface area is 218 Å². The van der Waals surface area contributed by atoms with Gasteiger partial charge in [0.2, 0.25) is 0 Å². The van der Waals surface area contributed by atoms with Gasteiger partial charge >= 0.3 is 5.97 Å². The Morgan fingerprint density at radius 3 is 2.71 bits per heavy atom. The average Bonchev–Trinajstić information content (AvgIpc) is 3.49. The maximum absolute atomic E-state index is 16.4. The molecule has 2 atom stereocenters. The van der Waals surface area contributed by atoms with E-state index < -0.39 is 28.6 Å².